The highest BCUT2D eigenvalue weighted by atomic mass is 35.5. The number of fused-ring (bicyclic) bond motifs is 1. The van der Waals surface area contributed by atoms with Crippen LogP contribution in [0.1, 0.15) is 23.1 Å². The first-order valence-electron chi connectivity index (χ1n) is 10.2. The summed E-state index contributed by atoms with van der Waals surface area (Å²) in [7, 11) is 1.71. The minimum atomic E-state index is -0.283. The molecule has 1 aliphatic rings. The second-order valence-electron chi connectivity index (χ2n) is 7.87. The molecule has 0 saturated carbocycles. The Labute approximate surface area is 187 Å². The molecule has 0 aromatic heterocycles. The zero-order valence-corrected chi connectivity index (χ0v) is 19.1. The summed E-state index contributed by atoms with van der Waals surface area (Å²) >= 11 is 6.28. The maximum absolute atomic E-state index is 12.5. The Bertz CT molecular complexity index is 970. The maximum Gasteiger partial charge on any atom is 0.238 e. The number of anilines is 2. The van der Waals surface area contributed by atoms with Crippen molar-refractivity contribution in [3.63, 3.8) is 0 Å². The van der Waals surface area contributed by atoms with Gasteiger partial charge in [0.15, 0.2) is 11.5 Å². The summed E-state index contributed by atoms with van der Waals surface area (Å²) in [6.07, 6.45) is 0.780. The lowest BCUT2D eigenvalue weighted by Crippen LogP contribution is -2.36. The van der Waals surface area contributed by atoms with Gasteiger partial charge in [-0.3, -0.25) is 14.5 Å². The van der Waals surface area contributed by atoms with E-state index < -0.39 is 0 Å². The third-order valence-electron chi connectivity index (χ3n) is 4.88. The second-order valence-corrected chi connectivity index (χ2v) is 8.28. The normalized spacial score (nSPS) is 13.0. The van der Waals surface area contributed by atoms with Gasteiger partial charge in [-0.05, 0) is 38.9 Å². The number of rotatable bonds is 6. The number of carbonyl (C=O) groups is 2. The van der Waals surface area contributed by atoms with Crippen molar-refractivity contribution < 1.29 is 19.1 Å². The molecule has 0 saturated heterocycles. The lowest BCUT2D eigenvalue weighted by Gasteiger charge is -2.18. The lowest BCUT2D eigenvalue weighted by atomic mass is 10.1. The Kier molecular flexibility index (Phi) is 7.41. The highest BCUT2D eigenvalue weighted by Gasteiger charge is 2.17. The molecular formula is C23H28ClN3O4. The first kappa shape index (κ1) is 22.9. The molecule has 166 valence electrons. The fraction of sp³-hybridized carbons (Fsp3) is 0.391. The molecule has 3 rings (SSSR count). The highest BCUT2D eigenvalue weighted by Crippen LogP contribution is 2.37. The van der Waals surface area contributed by atoms with E-state index in [1.807, 2.05) is 32.9 Å². The van der Waals surface area contributed by atoms with E-state index in [4.69, 9.17) is 21.1 Å². The average molecular weight is 446 g/mol. The molecule has 0 unspecified atom stereocenters. The first-order valence-corrected chi connectivity index (χ1v) is 10.6. The Morgan fingerprint density at radius 2 is 1.48 bits per heavy atom. The first-order chi connectivity index (χ1) is 14.7. The Morgan fingerprint density at radius 3 is 2.10 bits per heavy atom. The van der Waals surface area contributed by atoms with Crippen LogP contribution in [0, 0.1) is 20.8 Å². The van der Waals surface area contributed by atoms with E-state index in [0.717, 1.165) is 28.8 Å². The van der Waals surface area contributed by atoms with Crippen molar-refractivity contribution in [2.24, 2.45) is 0 Å². The smallest absolute Gasteiger partial charge is 0.238 e. The number of nitrogens with zero attached hydrogens (tertiary/aromatic N) is 1. The van der Waals surface area contributed by atoms with Crippen LogP contribution in [-0.4, -0.2) is 50.1 Å². The van der Waals surface area contributed by atoms with Crippen LogP contribution >= 0.6 is 11.6 Å². The third kappa shape index (κ3) is 6.12. The van der Waals surface area contributed by atoms with Crippen LogP contribution in [0.15, 0.2) is 24.3 Å². The lowest BCUT2D eigenvalue weighted by molar-refractivity contribution is -0.119. The summed E-state index contributed by atoms with van der Waals surface area (Å²) in [6, 6.07) is 7.36. The number of amides is 2. The van der Waals surface area contributed by atoms with E-state index >= 15 is 0 Å². The predicted octanol–water partition coefficient (Wildman–Crippen LogP) is 3.94. The quantitative estimate of drug-likeness (QED) is 0.704. The minimum Gasteiger partial charge on any atom is -0.490 e. The minimum absolute atomic E-state index is 0.0318. The van der Waals surface area contributed by atoms with Gasteiger partial charge >= 0.3 is 0 Å². The van der Waals surface area contributed by atoms with Crippen LogP contribution in [0.25, 0.3) is 0 Å². The van der Waals surface area contributed by atoms with Crippen LogP contribution in [-0.2, 0) is 9.59 Å². The zero-order valence-electron chi connectivity index (χ0n) is 18.3. The molecule has 1 aliphatic heterocycles. The number of carbonyl (C=O) groups excluding carboxylic acids is 2. The standard InChI is InChI=1S/C23H28ClN3O4/c1-14-8-15(2)23(16(3)9-14)26-22(29)13-27(4)12-21(28)25-18-11-20-19(10-17(18)24)30-6-5-7-31-20/h8-11H,5-7,12-13H2,1-4H3,(H,25,28)(H,26,29). The van der Waals surface area contributed by atoms with Gasteiger partial charge < -0.3 is 20.1 Å². The van der Waals surface area contributed by atoms with Crippen molar-refractivity contribution in [2.75, 3.05) is 44.0 Å². The van der Waals surface area contributed by atoms with Crippen LogP contribution in [0.5, 0.6) is 11.5 Å². The molecule has 2 N–H and O–H groups in total. The molecule has 7 nitrogen and oxygen atoms in total. The van der Waals surface area contributed by atoms with Gasteiger partial charge in [0.1, 0.15) is 0 Å². The van der Waals surface area contributed by atoms with Gasteiger partial charge in [-0.1, -0.05) is 29.3 Å². The van der Waals surface area contributed by atoms with Crippen LogP contribution < -0.4 is 20.1 Å². The number of halogens is 1. The number of aryl methyl sites for hydroxylation is 3. The topological polar surface area (TPSA) is 79.9 Å². The number of ether oxygens (including phenoxy) is 2. The van der Waals surface area contributed by atoms with Crippen molar-refractivity contribution in [3.8, 4) is 11.5 Å². The molecule has 8 heteroatoms. The molecule has 2 aromatic carbocycles. The van der Waals surface area contributed by atoms with Gasteiger partial charge in [-0.25, -0.2) is 0 Å². The van der Waals surface area contributed by atoms with Gasteiger partial charge in [-0.15, -0.1) is 0 Å². The molecule has 0 aliphatic carbocycles. The second kappa shape index (κ2) is 10.0. The number of nitrogens with one attached hydrogen (secondary N) is 2. The molecule has 0 atom stereocenters. The predicted molar refractivity (Wildman–Crippen MR) is 122 cm³/mol. The molecule has 31 heavy (non-hydrogen) atoms. The molecule has 2 aromatic rings. The van der Waals surface area contributed by atoms with Crippen LogP contribution in [0.2, 0.25) is 5.02 Å². The summed E-state index contributed by atoms with van der Waals surface area (Å²) in [5.41, 5.74) is 4.42. The van der Waals surface area contributed by atoms with Gasteiger partial charge in [0.25, 0.3) is 0 Å². The highest BCUT2D eigenvalue weighted by molar-refractivity contribution is 6.34. The molecule has 1 heterocycles. The number of benzene rings is 2. The number of hydrogen-bond donors (Lipinski definition) is 2. The Balaban J connectivity index is 1.56. The Morgan fingerprint density at radius 1 is 0.935 bits per heavy atom. The maximum atomic E-state index is 12.5. The van der Waals surface area contributed by atoms with E-state index in [9.17, 15) is 9.59 Å². The Hall–Kier alpha value is -2.77. The molecule has 0 fully saturated rings. The van der Waals surface area contributed by atoms with E-state index in [1.54, 1.807) is 24.1 Å². The number of hydrogen-bond acceptors (Lipinski definition) is 5. The van der Waals surface area contributed by atoms with Gasteiger partial charge in [0, 0.05) is 24.2 Å². The van der Waals surface area contributed by atoms with E-state index in [0.29, 0.717) is 35.4 Å². The van der Waals surface area contributed by atoms with Gasteiger partial charge in [0.2, 0.25) is 11.8 Å². The molecule has 0 radical (unpaired) electrons. The van der Waals surface area contributed by atoms with Crippen molar-refractivity contribution in [1.29, 1.82) is 0 Å². The SMILES string of the molecule is Cc1cc(C)c(NC(=O)CN(C)CC(=O)Nc2cc3c(cc2Cl)OCCCO3)c(C)c1. The number of likely N-dealkylation sites (N-methyl/N-ethyl adjacent to an activating group) is 1. The molecule has 0 bridgehead atoms. The summed E-state index contributed by atoms with van der Waals surface area (Å²) in [5.74, 6) is 0.651. The van der Waals surface area contributed by atoms with E-state index in [1.165, 1.54) is 0 Å². The monoisotopic (exact) mass is 445 g/mol. The summed E-state index contributed by atoms with van der Waals surface area (Å²) in [4.78, 5) is 26.6. The van der Waals surface area contributed by atoms with E-state index in [-0.39, 0.29) is 24.9 Å². The average Bonchev–Trinajstić information content (AvgIpc) is 2.89. The fourth-order valence-corrected chi connectivity index (χ4v) is 3.77. The molecule has 2 amide bonds. The summed E-state index contributed by atoms with van der Waals surface area (Å²) < 4.78 is 11.2. The van der Waals surface area contributed by atoms with Crippen LogP contribution in [0.4, 0.5) is 11.4 Å². The molecular weight excluding hydrogens is 418 g/mol. The van der Waals surface area contributed by atoms with Crippen molar-refractivity contribution in [2.45, 2.75) is 27.2 Å². The van der Waals surface area contributed by atoms with Crippen LogP contribution in [0.3, 0.4) is 0 Å². The van der Waals surface area contributed by atoms with Crippen molar-refractivity contribution >= 4 is 34.8 Å². The fourth-order valence-electron chi connectivity index (χ4n) is 3.57. The van der Waals surface area contributed by atoms with Gasteiger partial charge in [0.05, 0.1) is 37.0 Å². The van der Waals surface area contributed by atoms with Gasteiger partial charge in [-0.2, -0.15) is 0 Å². The summed E-state index contributed by atoms with van der Waals surface area (Å²) in [5, 5.41) is 6.09. The van der Waals surface area contributed by atoms with Crippen molar-refractivity contribution in [1.82, 2.24) is 4.90 Å². The van der Waals surface area contributed by atoms with Crippen molar-refractivity contribution in [3.05, 3.63) is 46.0 Å². The zero-order chi connectivity index (χ0) is 22.5. The third-order valence-corrected chi connectivity index (χ3v) is 5.19. The largest absolute Gasteiger partial charge is 0.490 e. The summed E-state index contributed by atoms with van der Waals surface area (Å²) in [6.45, 7) is 7.16. The molecule has 0 spiro atoms. The van der Waals surface area contributed by atoms with E-state index in [2.05, 4.69) is 10.6 Å².